The zero-order valence-corrected chi connectivity index (χ0v) is 11.3. The monoisotopic (exact) mass is 253 g/mol. The lowest BCUT2D eigenvalue weighted by molar-refractivity contribution is -0.118. The van der Waals surface area contributed by atoms with E-state index in [2.05, 4.69) is 5.32 Å². The van der Waals surface area contributed by atoms with E-state index in [0.29, 0.717) is 0 Å². The van der Waals surface area contributed by atoms with Crippen LogP contribution in [0, 0.1) is 12.8 Å². The summed E-state index contributed by atoms with van der Waals surface area (Å²) in [7, 11) is 0. The average molecular weight is 253 g/mol. The van der Waals surface area contributed by atoms with Crippen LogP contribution in [0.2, 0.25) is 0 Å². The number of carbonyl (C=O) groups is 1. The lowest BCUT2D eigenvalue weighted by atomic mass is 10.1. The Morgan fingerprint density at radius 2 is 2.24 bits per heavy atom. The molecule has 0 aliphatic rings. The minimum Gasteiger partial charge on any atom is -0.392 e. The van der Waals surface area contributed by atoms with Gasteiger partial charge in [-0.05, 0) is 30.4 Å². The van der Waals surface area contributed by atoms with Crippen molar-refractivity contribution in [1.82, 2.24) is 0 Å². The maximum atomic E-state index is 11.9. The highest BCUT2D eigenvalue weighted by atomic mass is 32.2. The van der Waals surface area contributed by atoms with E-state index in [1.807, 2.05) is 38.3 Å². The standard InChI is InChI=1S/C13H19NO2S/c1-9-4-5-11(7-15)6-12(9)14-13(16)10(2)8-17-3/h4-6,10,15H,7-8H2,1-3H3,(H,14,16). The molecule has 0 radical (unpaired) electrons. The van der Waals surface area contributed by atoms with Crippen LogP contribution in [-0.2, 0) is 11.4 Å². The molecule has 0 aliphatic heterocycles. The Morgan fingerprint density at radius 1 is 1.53 bits per heavy atom. The van der Waals surface area contributed by atoms with E-state index in [0.717, 1.165) is 22.6 Å². The second-order valence-electron chi connectivity index (χ2n) is 4.15. The summed E-state index contributed by atoms with van der Waals surface area (Å²) in [6, 6.07) is 5.58. The molecule has 0 heterocycles. The summed E-state index contributed by atoms with van der Waals surface area (Å²) in [6.45, 7) is 3.84. The van der Waals surface area contributed by atoms with Gasteiger partial charge in [-0.2, -0.15) is 11.8 Å². The number of hydrogen-bond acceptors (Lipinski definition) is 3. The predicted molar refractivity (Wildman–Crippen MR) is 73.3 cm³/mol. The zero-order chi connectivity index (χ0) is 12.8. The van der Waals surface area contributed by atoms with Gasteiger partial charge >= 0.3 is 0 Å². The number of aliphatic hydroxyl groups is 1. The molecule has 1 aromatic carbocycles. The number of nitrogens with one attached hydrogen (secondary N) is 1. The number of aliphatic hydroxyl groups excluding tert-OH is 1. The highest BCUT2D eigenvalue weighted by Crippen LogP contribution is 2.18. The molecular formula is C13H19NO2S. The Labute approximate surface area is 107 Å². The Kier molecular flexibility index (Phi) is 5.51. The van der Waals surface area contributed by atoms with Gasteiger partial charge in [0.05, 0.1) is 6.61 Å². The maximum Gasteiger partial charge on any atom is 0.228 e. The lowest BCUT2D eigenvalue weighted by Gasteiger charge is -2.13. The van der Waals surface area contributed by atoms with Crippen LogP contribution in [0.25, 0.3) is 0 Å². The minimum absolute atomic E-state index is 0.0104. The fourth-order valence-electron chi connectivity index (χ4n) is 1.48. The van der Waals surface area contributed by atoms with Gasteiger partial charge in [0, 0.05) is 17.4 Å². The molecule has 4 heteroatoms. The fourth-order valence-corrected chi connectivity index (χ4v) is 2.14. The van der Waals surface area contributed by atoms with E-state index in [1.54, 1.807) is 11.8 Å². The van der Waals surface area contributed by atoms with Gasteiger partial charge in [0.15, 0.2) is 0 Å². The van der Waals surface area contributed by atoms with Gasteiger partial charge in [-0.25, -0.2) is 0 Å². The number of hydrogen-bond donors (Lipinski definition) is 2. The second-order valence-corrected chi connectivity index (χ2v) is 5.06. The third kappa shape index (κ3) is 4.06. The van der Waals surface area contributed by atoms with Crippen molar-refractivity contribution in [3.8, 4) is 0 Å². The summed E-state index contributed by atoms with van der Waals surface area (Å²) < 4.78 is 0. The molecule has 0 saturated heterocycles. The number of amides is 1. The average Bonchev–Trinajstić information content (AvgIpc) is 2.32. The lowest BCUT2D eigenvalue weighted by Crippen LogP contribution is -2.22. The first kappa shape index (κ1) is 14.1. The third-order valence-corrected chi connectivity index (χ3v) is 3.44. The number of anilines is 1. The molecule has 94 valence electrons. The SMILES string of the molecule is CSCC(C)C(=O)Nc1cc(CO)ccc1C. The predicted octanol–water partition coefficient (Wildman–Crippen LogP) is 2.42. The van der Waals surface area contributed by atoms with Crippen LogP contribution < -0.4 is 5.32 Å². The van der Waals surface area contributed by atoms with E-state index in [9.17, 15) is 4.79 Å². The van der Waals surface area contributed by atoms with Crippen molar-refractivity contribution in [2.45, 2.75) is 20.5 Å². The smallest absolute Gasteiger partial charge is 0.228 e. The summed E-state index contributed by atoms with van der Waals surface area (Å²) in [5, 5.41) is 12.0. The molecule has 0 aliphatic carbocycles. The first-order valence-electron chi connectivity index (χ1n) is 5.58. The number of carbonyl (C=O) groups excluding carboxylic acids is 1. The fraction of sp³-hybridized carbons (Fsp3) is 0.462. The Balaban J connectivity index is 2.76. The molecule has 0 bridgehead atoms. The van der Waals surface area contributed by atoms with E-state index in [4.69, 9.17) is 5.11 Å². The van der Waals surface area contributed by atoms with Gasteiger partial charge in [0.25, 0.3) is 0 Å². The molecule has 1 rings (SSSR count). The number of aryl methyl sites for hydroxylation is 1. The summed E-state index contributed by atoms with van der Waals surface area (Å²) in [6.07, 6.45) is 1.99. The highest BCUT2D eigenvalue weighted by Gasteiger charge is 2.13. The van der Waals surface area contributed by atoms with Crippen LogP contribution in [-0.4, -0.2) is 23.0 Å². The number of rotatable bonds is 5. The Bertz CT molecular complexity index is 393. The molecule has 1 amide bonds. The molecular weight excluding hydrogens is 234 g/mol. The van der Waals surface area contributed by atoms with Crippen molar-refractivity contribution in [1.29, 1.82) is 0 Å². The second kappa shape index (κ2) is 6.67. The molecule has 1 aromatic rings. The molecule has 3 nitrogen and oxygen atoms in total. The zero-order valence-electron chi connectivity index (χ0n) is 10.5. The summed E-state index contributed by atoms with van der Waals surface area (Å²) in [5.41, 5.74) is 2.60. The van der Waals surface area contributed by atoms with Gasteiger partial charge in [0.2, 0.25) is 5.91 Å². The first-order chi connectivity index (χ1) is 8.08. The van der Waals surface area contributed by atoms with Crippen LogP contribution in [0.15, 0.2) is 18.2 Å². The van der Waals surface area contributed by atoms with Crippen LogP contribution in [0.4, 0.5) is 5.69 Å². The normalized spacial score (nSPS) is 12.2. The molecule has 1 atom stereocenters. The van der Waals surface area contributed by atoms with Crippen molar-refractivity contribution in [3.05, 3.63) is 29.3 Å². The van der Waals surface area contributed by atoms with Gasteiger partial charge in [-0.1, -0.05) is 19.1 Å². The van der Waals surface area contributed by atoms with Gasteiger partial charge in [-0.3, -0.25) is 4.79 Å². The van der Waals surface area contributed by atoms with Crippen molar-refractivity contribution in [2.24, 2.45) is 5.92 Å². The van der Waals surface area contributed by atoms with E-state index in [-0.39, 0.29) is 18.4 Å². The highest BCUT2D eigenvalue weighted by molar-refractivity contribution is 7.98. The van der Waals surface area contributed by atoms with Crippen LogP contribution in [0.1, 0.15) is 18.1 Å². The summed E-state index contributed by atoms with van der Waals surface area (Å²) in [4.78, 5) is 11.9. The molecule has 0 spiro atoms. The molecule has 2 N–H and O–H groups in total. The van der Waals surface area contributed by atoms with Gasteiger partial charge in [0.1, 0.15) is 0 Å². The Morgan fingerprint density at radius 3 is 2.82 bits per heavy atom. The number of thioether (sulfide) groups is 1. The summed E-state index contributed by atoms with van der Waals surface area (Å²) >= 11 is 1.66. The number of benzene rings is 1. The molecule has 0 saturated carbocycles. The maximum absolute atomic E-state index is 11.9. The van der Waals surface area contributed by atoms with Gasteiger partial charge < -0.3 is 10.4 Å². The van der Waals surface area contributed by atoms with Crippen molar-refractivity contribution in [2.75, 3.05) is 17.3 Å². The van der Waals surface area contributed by atoms with E-state index < -0.39 is 0 Å². The van der Waals surface area contributed by atoms with E-state index in [1.165, 1.54) is 0 Å². The molecule has 17 heavy (non-hydrogen) atoms. The molecule has 0 fully saturated rings. The van der Waals surface area contributed by atoms with Gasteiger partial charge in [-0.15, -0.1) is 0 Å². The van der Waals surface area contributed by atoms with Crippen molar-refractivity contribution < 1.29 is 9.90 Å². The first-order valence-corrected chi connectivity index (χ1v) is 6.98. The third-order valence-electron chi connectivity index (χ3n) is 2.61. The topological polar surface area (TPSA) is 49.3 Å². The quantitative estimate of drug-likeness (QED) is 0.847. The van der Waals surface area contributed by atoms with Crippen molar-refractivity contribution in [3.63, 3.8) is 0 Å². The minimum atomic E-state index is -0.0119. The Hall–Kier alpha value is -1.00. The van der Waals surface area contributed by atoms with Crippen LogP contribution in [0.3, 0.4) is 0 Å². The van der Waals surface area contributed by atoms with Crippen LogP contribution in [0.5, 0.6) is 0 Å². The van der Waals surface area contributed by atoms with E-state index >= 15 is 0 Å². The molecule has 0 aromatic heterocycles. The van der Waals surface area contributed by atoms with Crippen molar-refractivity contribution >= 4 is 23.4 Å². The van der Waals surface area contributed by atoms with Crippen LogP contribution >= 0.6 is 11.8 Å². The summed E-state index contributed by atoms with van der Waals surface area (Å²) in [5.74, 6) is 0.824. The molecule has 1 unspecified atom stereocenters. The largest absolute Gasteiger partial charge is 0.392 e.